The first-order chi connectivity index (χ1) is 9.26. The van der Waals surface area contributed by atoms with Gasteiger partial charge in [-0.3, -0.25) is 0 Å². The second-order valence-electron chi connectivity index (χ2n) is 4.94. The number of methoxy groups -OCH3 is 1. The molecule has 1 aromatic heterocycles. The average molecular weight is 278 g/mol. The van der Waals surface area contributed by atoms with E-state index in [2.05, 4.69) is 4.98 Å². The van der Waals surface area contributed by atoms with Crippen molar-refractivity contribution in [1.82, 2.24) is 4.98 Å². The smallest absolute Gasteiger partial charge is 0.274 e. The van der Waals surface area contributed by atoms with Gasteiger partial charge in [-0.25, -0.2) is 0 Å². The van der Waals surface area contributed by atoms with Crippen molar-refractivity contribution in [3.8, 4) is 10.9 Å². The van der Waals surface area contributed by atoms with E-state index >= 15 is 0 Å². The number of thiazole rings is 1. The number of aromatic nitrogens is 1. The molecule has 1 saturated carbocycles. The van der Waals surface area contributed by atoms with Gasteiger partial charge in [0.25, 0.3) is 5.19 Å². The Bertz CT molecular complexity index is 562. The summed E-state index contributed by atoms with van der Waals surface area (Å²) in [5.74, 6) is 0.800. The van der Waals surface area contributed by atoms with Crippen LogP contribution >= 0.6 is 11.3 Å². The highest BCUT2D eigenvalue weighted by Crippen LogP contribution is 2.34. The van der Waals surface area contributed by atoms with Crippen LogP contribution in [0.25, 0.3) is 10.2 Å². The second kappa shape index (κ2) is 5.35. The van der Waals surface area contributed by atoms with Crippen molar-refractivity contribution in [1.29, 1.82) is 0 Å². The first-order valence-corrected chi connectivity index (χ1v) is 7.43. The molecule has 5 heteroatoms. The maximum absolute atomic E-state index is 5.98. The second-order valence-corrected chi connectivity index (χ2v) is 5.93. The molecule has 0 atom stereocenters. The molecule has 1 fully saturated rings. The lowest BCUT2D eigenvalue weighted by molar-refractivity contribution is 0.147. The SMILES string of the molecule is COc1cccc2sc(O[C@H]3CC[C@H](N)CC3)nc12. The fraction of sp³-hybridized carbons (Fsp3) is 0.500. The van der Waals surface area contributed by atoms with Crippen LogP contribution in [0.15, 0.2) is 18.2 Å². The standard InChI is InChI=1S/C14H18N2O2S/c1-17-11-3-2-4-12-13(11)16-14(19-12)18-10-7-5-9(15)6-8-10/h2-4,9-10H,5-8,15H2,1H3/t9-,10-. The molecule has 0 radical (unpaired) electrons. The van der Waals surface area contributed by atoms with Crippen molar-refractivity contribution in [3.63, 3.8) is 0 Å². The van der Waals surface area contributed by atoms with Gasteiger partial charge in [0.05, 0.1) is 11.8 Å². The fourth-order valence-electron chi connectivity index (χ4n) is 2.47. The quantitative estimate of drug-likeness (QED) is 0.937. The third-order valence-electron chi connectivity index (χ3n) is 3.57. The monoisotopic (exact) mass is 278 g/mol. The molecule has 0 unspecified atom stereocenters. The van der Waals surface area contributed by atoms with Gasteiger partial charge in [0.2, 0.25) is 0 Å². The van der Waals surface area contributed by atoms with Crippen LogP contribution in [0.4, 0.5) is 0 Å². The van der Waals surface area contributed by atoms with Crippen LogP contribution in [0.2, 0.25) is 0 Å². The predicted octanol–water partition coefficient (Wildman–Crippen LogP) is 2.95. The van der Waals surface area contributed by atoms with E-state index in [4.69, 9.17) is 15.2 Å². The molecule has 3 rings (SSSR count). The van der Waals surface area contributed by atoms with E-state index in [-0.39, 0.29) is 6.10 Å². The minimum absolute atomic E-state index is 0.256. The highest BCUT2D eigenvalue weighted by Gasteiger charge is 2.21. The number of ether oxygens (including phenoxy) is 2. The van der Waals surface area contributed by atoms with Gasteiger partial charge >= 0.3 is 0 Å². The van der Waals surface area contributed by atoms with Crippen molar-refractivity contribution in [2.24, 2.45) is 5.73 Å². The van der Waals surface area contributed by atoms with Crippen LogP contribution < -0.4 is 15.2 Å². The average Bonchev–Trinajstić information content (AvgIpc) is 2.83. The summed E-state index contributed by atoms with van der Waals surface area (Å²) >= 11 is 1.58. The zero-order valence-corrected chi connectivity index (χ0v) is 11.8. The summed E-state index contributed by atoms with van der Waals surface area (Å²) in [6.45, 7) is 0. The summed E-state index contributed by atoms with van der Waals surface area (Å²) in [4.78, 5) is 4.54. The first kappa shape index (κ1) is 12.7. The summed E-state index contributed by atoms with van der Waals surface area (Å²) in [5, 5.41) is 0.736. The van der Waals surface area contributed by atoms with Gasteiger partial charge in [0, 0.05) is 6.04 Å². The molecular weight excluding hydrogens is 260 g/mol. The van der Waals surface area contributed by atoms with Crippen LogP contribution in [-0.2, 0) is 0 Å². The van der Waals surface area contributed by atoms with Gasteiger partial charge in [-0.15, -0.1) is 0 Å². The molecule has 1 aliphatic carbocycles. The molecule has 4 nitrogen and oxygen atoms in total. The molecule has 2 N–H and O–H groups in total. The molecule has 19 heavy (non-hydrogen) atoms. The maximum atomic E-state index is 5.98. The molecule has 0 bridgehead atoms. The molecule has 2 aromatic rings. The Morgan fingerprint density at radius 2 is 2.05 bits per heavy atom. The Morgan fingerprint density at radius 3 is 2.79 bits per heavy atom. The third-order valence-corrected chi connectivity index (χ3v) is 4.48. The lowest BCUT2D eigenvalue weighted by Crippen LogP contribution is -2.31. The van der Waals surface area contributed by atoms with Gasteiger partial charge in [-0.1, -0.05) is 17.4 Å². The molecule has 0 spiro atoms. The molecule has 1 aliphatic rings. The fourth-order valence-corrected chi connectivity index (χ4v) is 3.37. The van der Waals surface area contributed by atoms with Crippen LogP contribution in [0, 0.1) is 0 Å². The first-order valence-electron chi connectivity index (χ1n) is 6.62. The zero-order valence-electron chi connectivity index (χ0n) is 11.0. The lowest BCUT2D eigenvalue weighted by Gasteiger charge is -2.25. The van der Waals surface area contributed by atoms with Crippen LogP contribution in [0.1, 0.15) is 25.7 Å². The van der Waals surface area contributed by atoms with E-state index in [1.165, 1.54) is 0 Å². The number of rotatable bonds is 3. The topological polar surface area (TPSA) is 57.4 Å². The Kier molecular flexibility index (Phi) is 3.57. The van der Waals surface area contributed by atoms with Crippen molar-refractivity contribution in [3.05, 3.63) is 18.2 Å². The highest BCUT2D eigenvalue weighted by molar-refractivity contribution is 7.20. The van der Waals surface area contributed by atoms with Crippen LogP contribution in [-0.4, -0.2) is 24.2 Å². The number of nitrogens with two attached hydrogens (primary N) is 1. The van der Waals surface area contributed by atoms with Gasteiger partial charge in [0.1, 0.15) is 17.4 Å². The van der Waals surface area contributed by atoms with Crippen molar-refractivity contribution < 1.29 is 9.47 Å². The molecular formula is C14H18N2O2S. The molecule has 0 amide bonds. The predicted molar refractivity (Wildman–Crippen MR) is 77.0 cm³/mol. The Labute approximate surface area is 116 Å². The van der Waals surface area contributed by atoms with Crippen molar-refractivity contribution >= 4 is 21.6 Å². The zero-order chi connectivity index (χ0) is 13.2. The number of hydrogen-bond acceptors (Lipinski definition) is 5. The van der Waals surface area contributed by atoms with Gasteiger partial charge in [0.15, 0.2) is 0 Å². The van der Waals surface area contributed by atoms with Crippen LogP contribution in [0.3, 0.4) is 0 Å². The van der Waals surface area contributed by atoms with E-state index < -0.39 is 0 Å². The molecule has 1 heterocycles. The number of nitrogens with zero attached hydrogens (tertiary/aromatic N) is 1. The molecule has 102 valence electrons. The minimum Gasteiger partial charge on any atom is -0.494 e. The normalized spacial score (nSPS) is 23.5. The highest BCUT2D eigenvalue weighted by atomic mass is 32.1. The van der Waals surface area contributed by atoms with Gasteiger partial charge < -0.3 is 15.2 Å². The van der Waals surface area contributed by atoms with Crippen molar-refractivity contribution in [2.75, 3.05) is 7.11 Å². The Balaban J connectivity index is 1.78. The molecule has 1 aromatic carbocycles. The summed E-state index contributed by atoms with van der Waals surface area (Å²) in [6, 6.07) is 6.28. The number of para-hydroxylation sites is 1. The van der Waals surface area contributed by atoms with Gasteiger partial charge in [-0.05, 0) is 37.8 Å². The van der Waals surface area contributed by atoms with E-state index in [9.17, 15) is 0 Å². The van der Waals surface area contributed by atoms with E-state index in [0.717, 1.165) is 46.8 Å². The number of fused-ring (bicyclic) bond motifs is 1. The third kappa shape index (κ3) is 2.67. The summed E-state index contributed by atoms with van der Waals surface area (Å²) in [7, 11) is 1.66. The van der Waals surface area contributed by atoms with Crippen molar-refractivity contribution in [2.45, 2.75) is 37.8 Å². The maximum Gasteiger partial charge on any atom is 0.274 e. The lowest BCUT2D eigenvalue weighted by atomic mass is 9.94. The summed E-state index contributed by atoms with van der Waals surface area (Å²) in [5.41, 5.74) is 6.79. The minimum atomic E-state index is 0.256. The van der Waals surface area contributed by atoms with E-state index in [0.29, 0.717) is 6.04 Å². The number of hydrogen-bond donors (Lipinski definition) is 1. The van der Waals surface area contributed by atoms with Crippen LogP contribution in [0.5, 0.6) is 10.9 Å². The Morgan fingerprint density at radius 1 is 1.26 bits per heavy atom. The Hall–Kier alpha value is -1.33. The summed E-state index contributed by atoms with van der Waals surface area (Å²) in [6.07, 6.45) is 4.38. The van der Waals surface area contributed by atoms with Gasteiger partial charge in [-0.2, -0.15) is 4.98 Å². The molecule has 0 saturated heterocycles. The number of benzene rings is 1. The van der Waals surface area contributed by atoms with E-state index in [1.807, 2.05) is 18.2 Å². The largest absolute Gasteiger partial charge is 0.494 e. The molecule has 0 aliphatic heterocycles. The van der Waals surface area contributed by atoms with E-state index in [1.54, 1.807) is 18.4 Å². The summed E-state index contributed by atoms with van der Waals surface area (Å²) < 4.78 is 12.4.